The molecule has 1 heterocycles. The number of nitrogens with two attached hydrogens (primary N) is 1. The number of halogens is 4. The quantitative estimate of drug-likeness (QED) is 0.129. The zero-order chi connectivity index (χ0) is 33.3. The standard InChI is InChI=1S/C30H30ClF3N8O4/c1-28(2,13-36-21-20(35)22(43)23(21)44)14-37-24(45)16-3-9-19(10-4-16)38-25-39-26(41-27(40-25)46-15-30(32,33)34)42-29(11-12-29)17-5-7-18(31)8-6-17/h3-10,36H,11-15,35H2,1-2H3,(H,37,45)(H2,38,39,40,41,42). The molecule has 0 spiro atoms. The number of aromatic nitrogens is 3. The summed E-state index contributed by atoms with van der Waals surface area (Å²) in [6.45, 7) is 2.66. The fourth-order valence-corrected chi connectivity index (χ4v) is 4.63. The van der Waals surface area contributed by atoms with Gasteiger partial charge in [-0.05, 0) is 60.2 Å². The van der Waals surface area contributed by atoms with Gasteiger partial charge in [-0.3, -0.25) is 14.4 Å². The zero-order valence-corrected chi connectivity index (χ0v) is 25.5. The summed E-state index contributed by atoms with van der Waals surface area (Å²) in [5.74, 6) is -0.419. The van der Waals surface area contributed by atoms with E-state index in [0.29, 0.717) is 16.3 Å². The van der Waals surface area contributed by atoms with E-state index >= 15 is 0 Å². The van der Waals surface area contributed by atoms with Gasteiger partial charge in [0.15, 0.2) is 6.61 Å². The summed E-state index contributed by atoms with van der Waals surface area (Å²) in [6, 6.07) is 12.9. The maximum atomic E-state index is 12.9. The first-order valence-corrected chi connectivity index (χ1v) is 14.5. The second-order valence-electron chi connectivity index (χ2n) is 11.7. The Bertz CT molecular complexity index is 1800. The predicted octanol–water partition coefficient (Wildman–Crippen LogP) is 4.36. The number of hydrogen-bond donors (Lipinski definition) is 5. The van der Waals surface area contributed by atoms with Crippen molar-refractivity contribution in [2.75, 3.05) is 41.4 Å². The number of ether oxygens (including phenoxy) is 1. The minimum atomic E-state index is -4.60. The van der Waals surface area contributed by atoms with Crippen molar-refractivity contribution in [3.63, 3.8) is 0 Å². The summed E-state index contributed by atoms with van der Waals surface area (Å²) in [6.07, 6.45) is -3.11. The van der Waals surface area contributed by atoms with Crippen LogP contribution in [0.3, 0.4) is 0 Å². The molecule has 0 unspecified atom stereocenters. The summed E-state index contributed by atoms with van der Waals surface area (Å²) in [5.41, 5.74) is 4.86. The Morgan fingerprint density at radius 1 is 0.957 bits per heavy atom. The number of carbonyl (C=O) groups excluding carboxylic acids is 1. The second-order valence-corrected chi connectivity index (χ2v) is 12.2. The Morgan fingerprint density at radius 2 is 1.61 bits per heavy atom. The van der Waals surface area contributed by atoms with Crippen LogP contribution in [0.4, 0.5) is 42.1 Å². The number of rotatable bonds is 13. The summed E-state index contributed by atoms with van der Waals surface area (Å²) in [4.78, 5) is 48.1. The SMILES string of the molecule is CC(C)(CNC(=O)c1ccc(Nc2nc(NC3(c4ccc(Cl)cc4)CC3)nc(OCC(F)(F)F)n2)cc1)CNc1c(N)c(=O)c1=O. The van der Waals surface area contributed by atoms with Crippen molar-refractivity contribution in [3.8, 4) is 6.01 Å². The molecule has 4 aromatic rings. The number of alkyl halides is 3. The molecule has 0 atom stereocenters. The molecule has 5 rings (SSSR count). The second kappa shape index (κ2) is 12.5. The third kappa shape index (κ3) is 7.83. The van der Waals surface area contributed by atoms with Crippen LogP contribution < -0.4 is 42.6 Å². The van der Waals surface area contributed by atoms with Crippen LogP contribution in [-0.2, 0) is 5.54 Å². The van der Waals surface area contributed by atoms with Gasteiger partial charge < -0.3 is 31.7 Å². The van der Waals surface area contributed by atoms with Gasteiger partial charge in [0.1, 0.15) is 11.4 Å². The largest absolute Gasteiger partial charge is 0.454 e. The molecule has 1 amide bonds. The van der Waals surface area contributed by atoms with E-state index in [9.17, 15) is 27.6 Å². The fraction of sp³-hybridized carbons (Fsp3) is 0.333. The molecule has 6 N–H and O–H groups in total. The number of carbonyl (C=O) groups is 1. The molecule has 242 valence electrons. The van der Waals surface area contributed by atoms with Gasteiger partial charge >= 0.3 is 12.2 Å². The van der Waals surface area contributed by atoms with E-state index in [-0.39, 0.29) is 42.3 Å². The molecule has 3 aromatic carbocycles. The molecule has 1 fully saturated rings. The smallest absolute Gasteiger partial charge is 0.422 e. The average molecular weight is 659 g/mol. The minimum absolute atomic E-state index is 0.0162. The topological polar surface area (TPSA) is 173 Å². The Morgan fingerprint density at radius 3 is 2.22 bits per heavy atom. The first kappa shape index (κ1) is 32.5. The van der Waals surface area contributed by atoms with Crippen LogP contribution in [-0.4, -0.2) is 46.7 Å². The van der Waals surface area contributed by atoms with Gasteiger partial charge in [-0.2, -0.15) is 28.1 Å². The van der Waals surface area contributed by atoms with Crippen LogP contribution in [0, 0.1) is 5.41 Å². The molecule has 0 radical (unpaired) electrons. The summed E-state index contributed by atoms with van der Waals surface area (Å²) >= 11 is 6.01. The molecule has 1 aliphatic carbocycles. The predicted molar refractivity (Wildman–Crippen MR) is 167 cm³/mol. The number of nitrogens with one attached hydrogen (secondary N) is 4. The molecule has 12 nitrogen and oxygen atoms in total. The highest BCUT2D eigenvalue weighted by molar-refractivity contribution is 6.30. The Kier molecular flexibility index (Phi) is 8.80. The maximum absolute atomic E-state index is 12.9. The highest BCUT2D eigenvalue weighted by atomic mass is 35.5. The van der Waals surface area contributed by atoms with Crippen molar-refractivity contribution in [2.24, 2.45) is 5.41 Å². The highest BCUT2D eigenvalue weighted by Gasteiger charge is 2.45. The Labute approximate surface area is 265 Å². The van der Waals surface area contributed by atoms with Crippen LogP contribution in [0.25, 0.3) is 0 Å². The van der Waals surface area contributed by atoms with Crippen molar-refractivity contribution in [3.05, 3.63) is 85.1 Å². The highest BCUT2D eigenvalue weighted by Crippen LogP contribution is 2.48. The maximum Gasteiger partial charge on any atom is 0.422 e. The molecule has 46 heavy (non-hydrogen) atoms. The lowest BCUT2D eigenvalue weighted by molar-refractivity contribution is -0.154. The molecule has 1 aliphatic rings. The van der Waals surface area contributed by atoms with Gasteiger partial charge in [-0.1, -0.05) is 37.6 Å². The van der Waals surface area contributed by atoms with E-state index < -0.39 is 40.6 Å². The molecule has 1 saturated carbocycles. The van der Waals surface area contributed by atoms with Crippen LogP contribution in [0.5, 0.6) is 6.01 Å². The van der Waals surface area contributed by atoms with Gasteiger partial charge in [-0.25, -0.2) is 0 Å². The van der Waals surface area contributed by atoms with Crippen molar-refractivity contribution in [1.29, 1.82) is 0 Å². The van der Waals surface area contributed by atoms with Crippen molar-refractivity contribution in [2.45, 2.75) is 38.4 Å². The molecule has 16 heteroatoms. The molecule has 0 saturated heterocycles. The lowest BCUT2D eigenvalue weighted by Gasteiger charge is -2.26. The lowest BCUT2D eigenvalue weighted by atomic mass is 9.93. The normalized spacial score (nSPS) is 14.0. The van der Waals surface area contributed by atoms with Crippen LogP contribution in [0.2, 0.25) is 5.02 Å². The molecular weight excluding hydrogens is 629 g/mol. The number of benzene rings is 2. The number of nitrogen functional groups attached to an aromatic ring is 1. The van der Waals surface area contributed by atoms with Gasteiger partial charge in [0, 0.05) is 29.4 Å². The van der Waals surface area contributed by atoms with Crippen LogP contribution in [0.15, 0.2) is 58.1 Å². The average Bonchev–Trinajstić information content (AvgIpc) is 3.79. The Hall–Kier alpha value is -4.92. The summed E-state index contributed by atoms with van der Waals surface area (Å²) in [5, 5.41) is 12.4. The van der Waals surface area contributed by atoms with Gasteiger partial charge in [0.2, 0.25) is 11.9 Å². The van der Waals surface area contributed by atoms with E-state index in [1.165, 1.54) is 0 Å². The van der Waals surface area contributed by atoms with Gasteiger partial charge in [0.25, 0.3) is 16.8 Å². The monoisotopic (exact) mass is 658 g/mol. The third-order valence-electron chi connectivity index (χ3n) is 7.30. The van der Waals surface area contributed by atoms with E-state index in [4.69, 9.17) is 22.1 Å². The summed E-state index contributed by atoms with van der Waals surface area (Å²) in [7, 11) is 0. The molecule has 0 bridgehead atoms. The fourth-order valence-electron chi connectivity index (χ4n) is 4.50. The van der Waals surface area contributed by atoms with Crippen molar-refractivity contribution in [1.82, 2.24) is 20.3 Å². The summed E-state index contributed by atoms with van der Waals surface area (Å²) < 4.78 is 43.4. The molecular formula is C30H30ClF3N8O4. The number of hydrogen-bond acceptors (Lipinski definition) is 11. The zero-order valence-electron chi connectivity index (χ0n) is 24.7. The number of nitrogens with zero attached hydrogens (tertiary/aromatic N) is 3. The van der Waals surface area contributed by atoms with Crippen LogP contribution >= 0.6 is 11.6 Å². The first-order chi connectivity index (χ1) is 21.6. The Balaban J connectivity index is 1.24. The lowest BCUT2D eigenvalue weighted by Crippen LogP contribution is -2.42. The van der Waals surface area contributed by atoms with Gasteiger partial charge in [-0.15, -0.1) is 0 Å². The third-order valence-corrected chi connectivity index (χ3v) is 7.55. The van der Waals surface area contributed by atoms with E-state index in [1.54, 1.807) is 36.4 Å². The van der Waals surface area contributed by atoms with E-state index in [1.807, 2.05) is 26.0 Å². The van der Waals surface area contributed by atoms with Crippen molar-refractivity contribution >= 4 is 46.5 Å². The van der Waals surface area contributed by atoms with Gasteiger partial charge in [0.05, 0.1) is 5.54 Å². The number of amides is 1. The number of anilines is 5. The first-order valence-electron chi connectivity index (χ1n) is 14.1. The molecule has 0 aliphatic heterocycles. The van der Waals surface area contributed by atoms with E-state index in [2.05, 4.69) is 36.2 Å². The van der Waals surface area contributed by atoms with Crippen LogP contribution in [0.1, 0.15) is 42.6 Å². The molecule has 1 aromatic heterocycles. The van der Waals surface area contributed by atoms with Crippen molar-refractivity contribution < 1.29 is 22.7 Å². The van der Waals surface area contributed by atoms with E-state index in [0.717, 1.165) is 18.4 Å². The minimum Gasteiger partial charge on any atom is -0.454 e.